The zero-order valence-electron chi connectivity index (χ0n) is 14.2. The van der Waals surface area contributed by atoms with Gasteiger partial charge in [-0.2, -0.15) is 11.8 Å². The number of nitrogens with zero attached hydrogens (tertiary/aromatic N) is 2. The second-order valence-corrected chi connectivity index (χ2v) is 6.14. The first-order chi connectivity index (χ1) is 10.2. The van der Waals surface area contributed by atoms with Gasteiger partial charge in [-0.1, -0.05) is 25.9 Å². The Kier molecular flexibility index (Phi) is 11.8. The SMILES string of the molecule is CCNC(=NCc1c(CC)noc1CC)NCC(C)SC.I. The highest BCUT2D eigenvalue weighted by atomic mass is 127. The number of aromatic nitrogens is 1. The first kappa shape index (κ1) is 21.6. The van der Waals surface area contributed by atoms with E-state index in [0.29, 0.717) is 11.8 Å². The number of hydrogen-bond donors (Lipinski definition) is 2. The number of hydrogen-bond acceptors (Lipinski definition) is 4. The van der Waals surface area contributed by atoms with Crippen molar-refractivity contribution in [2.75, 3.05) is 19.3 Å². The average Bonchev–Trinajstić information content (AvgIpc) is 2.91. The molecule has 2 N–H and O–H groups in total. The summed E-state index contributed by atoms with van der Waals surface area (Å²) >= 11 is 1.84. The molecule has 0 amide bonds. The fraction of sp³-hybridized carbons (Fsp3) is 0.733. The van der Waals surface area contributed by atoms with Crippen molar-refractivity contribution in [1.82, 2.24) is 15.8 Å². The Hall–Kier alpha value is -0.440. The number of nitrogens with one attached hydrogen (secondary N) is 2. The van der Waals surface area contributed by atoms with Crippen LogP contribution in [0.2, 0.25) is 0 Å². The van der Waals surface area contributed by atoms with E-state index in [9.17, 15) is 0 Å². The van der Waals surface area contributed by atoms with Crippen LogP contribution >= 0.6 is 35.7 Å². The minimum absolute atomic E-state index is 0. The highest BCUT2D eigenvalue weighted by Gasteiger charge is 2.13. The predicted octanol–water partition coefficient (Wildman–Crippen LogP) is 3.22. The van der Waals surface area contributed by atoms with E-state index in [1.54, 1.807) is 0 Å². The molecule has 7 heteroatoms. The van der Waals surface area contributed by atoms with Gasteiger partial charge in [0.05, 0.1) is 12.2 Å². The zero-order valence-corrected chi connectivity index (χ0v) is 17.4. The molecular weight excluding hydrogens is 411 g/mol. The van der Waals surface area contributed by atoms with E-state index in [0.717, 1.165) is 48.9 Å². The molecule has 0 fully saturated rings. The van der Waals surface area contributed by atoms with Crippen LogP contribution in [0.5, 0.6) is 0 Å². The smallest absolute Gasteiger partial charge is 0.191 e. The van der Waals surface area contributed by atoms with Crippen LogP contribution in [0, 0.1) is 0 Å². The van der Waals surface area contributed by atoms with Gasteiger partial charge in [0.25, 0.3) is 0 Å². The van der Waals surface area contributed by atoms with Crippen LogP contribution in [-0.4, -0.2) is 35.7 Å². The predicted molar refractivity (Wildman–Crippen MR) is 106 cm³/mol. The second kappa shape index (κ2) is 12.0. The van der Waals surface area contributed by atoms with Crippen molar-refractivity contribution < 1.29 is 4.52 Å². The lowest BCUT2D eigenvalue weighted by Gasteiger charge is -2.14. The van der Waals surface area contributed by atoms with Gasteiger partial charge in [-0.15, -0.1) is 24.0 Å². The largest absolute Gasteiger partial charge is 0.361 e. The molecular formula is C15H29IN4OS. The van der Waals surface area contributed by atoms with Gasteiger partial charge in [0, 0.05) is 30.3 Å². The van der Waals surface area contributed by atoms with Gasteiger partial charge in [-0.3, -0.25) is 0 Å². The molecule has 0 aliphatic heterocycles. The summed E-state index contributed by atoms with van der Waals surface area (Å²) in [6.45, 7) is 10.8. The average molecular weight is 440 g/mol. The summed E-state index contributed by atoms with van der Waals surface area (Å²) in [4.78, 5) is 4.66. The standard InChI is InChI=1S/C15H28N4OS.HI/c1-6-13-12(14(7-2)20-19-13)10-18-15(16-8-3)17-9-11(4)21-5;/h11H,6-10H2,1-5H3,(H2,16,17,18);1H. The summed E-state index contributed by atoms with van der Waals surface area (Å²) in [5.74, 6) is 1.80. The quantitative estimate of drug-likeness (QED) is 0.369. The lowest BCUT2D eigenvalue weighted by molar-refractivity contribution is 0.380. The minimum atomic E-state index is 0. The summed E-state index contributed by atoms with van der Waals surface area (Å²) in [5, 5.41) is 11.3. The van der Waals surface area contributed by atoms with Gasteiger partial charge in [0.1, 0.15) is 5.76 Å². The van der Waals surface area contributed by atoms with Gasteiger partial charge in [0.2, 0.25) is 0 Å². The second-order valence-electron chi connectivity index (χ2n) is 4.86. The number of thioether (sulfide) groups is 1. The molecule has 0 spiro atoms. The lowest BCUT2D eigenvalue weighted by Crippen LogP contribution is -2.40. The first-order valence-electron chi connectivity index (χ1n) is 7.67. The van der Waals surface area contributed by atoms with E-state index in [2.05, 4.69) is 54.7 Å². The molecule has 0 saturated carbocycles. The Morgan fingerprint density at radius 1 is 1.27 bits per heavy atom. The van der Waals surface area contributed by atoms with Crippen molar-refractivity contribution in [2.24, 2.45) is 4.99 Å². The molecule has 1 rings (SSSR count). The van der Waals surface area contributed by atoms with Gasteiger partial charge in [-0.05, 0) is 19.6 Å². The lowest BCUT2D eigenvalue weighted by atomic mass is 10.1. The number of aliphatic imine (C=N–C) groups is 1. The van der Waals surface area contributed by atoms with Crippen LogP contribution in [0.15, 0.2) is 9.52 Å². The van der Waals surface area contributed by atoms with E-state index >= 15 is 0 Å². The third-order valence-corrected chi connectivity index (χ3v) is 4.28. The van der Waals surface area contributed by atoms with E-state index in [-0.39, 0.29) is 24.0 Å². The minimum Gasteiger partial charge on any atom is -0.361 e. The summed E-state index contributed by atoms with van der Waals surface area (Å²) in [5.41, 5.74) is 2.15. The van der Waals surface area contributed by atoms with Crippen molar-refractivity contribution in [3.8, 4) is 0 Å². The first-order valence-corrected chi connectivity index (χ1v) is 8.96. The maximum absolute atomic E-state index is 5.38. The summed E-state index contributed by atoms with van der Waals surface area (Å²) in [7, 11) is 0. The molecule has 1 unspecified atom stereocenters. The van der Waals surface area contributed by atoms with Crippen LogP contribution in [0.1, 0.15) is 44.7 Å². The van der Waals surface area contributed by atoms with Crippen LogP contribution in [0.3, 0.4) is 0 Å². The third-order valence-electron chi connectivity index (χ3n) is 3.31. The van der Waals surface area contributed by atoms with Crippen LogP contribution in [0.25, 0.3) is 0 Å². The van der Waals surface area contributed by atoms with Crippen molar-refractivity contribution in [3.05, 3.63) is 17.0 Å². The molecule has 22 heavy (non-hydrogen) atoms. The molecule has 1 aromatic rings. The topological polar surface area (TPSA) is 62.5 Å². The number of halogens is 1. The van der Waals surface area contributed by atoms with Crippen LogP contribution in [0.4, 0.5) is 0 Å². The van der Waals surface area contributed by atoms with Crippen molar-refractivity contribution >= 4 is 41.7 Å². The molecule has 0 aromatic carbocycles. The third kappa shape index (κ3) is 6.76. The van der Waals surface area contributed by atoms with Gasteiger partial charge in [-0.25, -0.2) is 4.99 Å². The molecule has 0 saturated heterocycles. The fourth-order valence-electron chi connectivity index (χ4n) is 1.94. The summed E-state index contributed by atoms with van der Waals surface area (Å²) in [6, 6.07) is 0. The molecule has 0 bridgehead atoms. The normalized spacial score (nSPS) is 12.7. The molecule has 0 radical (unpaired) electrons. The van der Waals surface area contributed by atoms with E-state index in [4.69, 9.17) is 4.52 Å². The monoisotopic (exact) mass is 440 g/mol. The molecule has 1 atom stereocenters. The van der Waals surface area contributed by atoms with Crippen molar-refractivity contribution in [2.45, 2.75) is 52.3 Å². The molecule has 0 aliphatic rings. The number of guanidine groups is 1. The summed E-state index contributed by atoms with van der Waals surface area (Å²) < 4.78 is 5.38. The highest BCUT2D eigenvalue weighted by Crippen LogP contribution is 2.16. The highest BCUT2D eigenvalue weighted by molar-refractivity contribution is 14.0. The molecule has 1 heterocycles. The maximum atomic E-state index is 5.38. The molecule has 128 valence electrons. The molecule has 5 nitrogen and oxygen atoms in total. The van der Waals surface area contributed by atoms with E-state index < -0.39 is 0 Å². The van der Waals surface area contributed by atoms with Gasteiger partial charge < -0.3 is 15.2 Å². The Morgan fingerprint density at radius 2 is 2.00 bits per heavy atom. The zero-order chi connectivity index (χ0) is 15.7. The maximum Gasteiger partial charge on any atom is 0.191 e. The summed E-state index contributed by atoms with van der Waals surface area (Å²) in [6.07, 6.45) is 3.85. The Labute approximate surface area is 155 Å². The van der Waals surface area contributed by atoms with Gasteiger partial charge >= 0.3 is 0 Å². The Balaban J connectivity index is 0.00000441. The van der Waals surface area contributed by atoms with Gasteiger partial charge in [0.15, 0.2) is 5.96 Å². The van der Waals surface area contributed by atoms with Crippen LogP contribution in [-0.2, 0) is 19.4 Å². The number of aryl methyl sites for hydroxylation is 2. The van der Waals surface area contributed by atoms with Crippen molar-refractivity contribution in [3.63, 3.8) is 0 Å². The Morgan fingerprint density at radius 3 is 2.55 bits per heavy atom. The Bertz CT molecular complexity index is 429. The molecule has 1 aromatic heterocycles. The van der Waals surface area contributed by atoms with E-state index in [1.807, 2.05) is 11.8 Å². The van der Waals surface area contributed by atoms with Crippen LogP contribution < -0.4 is 10.6 Å². The molecule has 0 aliphatic carbocycles. The van der Waals surface area contributed by atoms with E-state index in [1.165, 1.54) is 0 Å². The van der Waals surface area contributed by atoms with Crippen molar-refractivity contribution in [1.29, 1.82) is 0 Å². The number of rotatable bonds is 8. The fourth-order valence-corrected chi connectivity index (χ4v) is 2.19.